The Kier molecular flexibility index (Phi) is 66.8. The van der Waals surface area contributed by atoms with Crippen LogP contribution >= 0.6 is 15.6 Å². The van der Waals surface area contributed by atoms with Gasteiger partial charge in [-0.15, -0.1) is 0 Å². The van der Waals surface area contributed by atoms with Crippen molar-refractivity contribution in [1.29, 1.82) is 0 Å². The summed E-state index contributed by atoms with van der Waals surface area (Å²) in [6.45, 7) is 14.2. The first kappa shape index (κ1) is 96.1. The number of ether oxygens (including phenoxy) is 4. The number of hydrogen-bond acceptors (Lipinski definition) is 15. The molecule has 0 saturated heterocycles. The maximum atomic E-state index is 13.1. The Morgan fingerprint density at radius 2 is 0.490 bits per heavy atom. The van der Waals surface area contributed by atoms with Crippen molar-refractivity contribution in [3.05, 3.63) is 0 Å². The zero-order valence-electron chi connectivity index (χ0n) is 64.4. The lowest BCUT2D eigenvalue weighted by Crippen LogP contribution is -2.30. The zero-order valence-corrected chi connectivity index (χ0v) is 66.2. The van der Waals surface area contributed by atoms with Crippen LogP contribution in [0, 0.1) is 23.7 Å². The Morgan fingerprint density at radius 1 is 0.286 bits per heavy atom. The van der Waals surface area contributed by atoms with Crippen LogP contribution in [-0.2, 0) is 65.4 Å². The Labute approximate surface area is 600 Å². The van der Waals surface area contributed by atoms with E-state index < -0.39 is 97.5 Å². The monoisotopic (exact) mass is 1440 g/mol. The van der Waals surface area contributed by atoms with Crippen LogP contribution in [0.3, 0.4) is 0 Å². The zero-order chi connectivity index (χ0) is 72.4. The van der Waals surface area contributed by atoms with E-state index in [0.29, 0.717) is 31.6 Å². The second kappa shape index (κ2) is 68.2. The number of rotatable bonds is 76. The summed E-state index contributed by atoms with van der Waals surface area (Å²) in [5.74, 6) is 0.966. The highest BCUT2D eigenvalue weighted by Gasteiger charge is 2.30. The van der Waals surface area contributed by atoms with Crippen molar-refractivity contribution in [1.82, 2.24) is 0 Å². The van der Waals surface area contributed by atoms with E-state index in [4.69, 9.17) is 37.0 Å². The molecule has 0 aliphatic heterocycles. The van der Waals surface area contributed by atoms with Crippen molar-refractivity contribution in [2.24, 2.45) is 23.7 Å². The van der Waals surface area contributed by atoms with Crippen LogP contribution in [0.2, 0.25) is 0 Å². The quantitative estimate of drug-likeness (QED) is 0.0222. The molecule has 98 heavy (non-hydrogen) atoms. The first-order valence-electron chi connectivity index (χ1n) is 40.8. The van der Waals surface area contributed by atoms with E-state index in [1.165, 1.54) is 199 Å². The third kappa shape index (κ3) is 69.8. The Hall–Kier alpha value is -1.94. The van der Waals surface area contributed by atoms with E-state index >= 15 is 0 Å². The molecule has 0 aliphatic carbocycles. The molecule has 0 radical (unpaired) electrons. The molecule has 0 aliphatic rings. The lowest BCUT2D eigenvalue weighted by atomic mass is 9.99. The molecule has 0 aromatic rings. The number of carbonyl (C=O) groups excluding carboxylic acids is 4. The van der Waals surface area contributed by atoms with Gasteiger partial charge < -0.3 is 33.8 Å². The topological polar surface area (TPSA) is 237 Å². The summed E-state index contributed by atoms with van der Waals surface area (Å²) in [5.41, 5.74) is 0. The van der Waals surface area contributed by atoms with Gasteiger partial charge in [-0.3, -0.25) is 37.3 Å². The van der Waals surface area contributed by atoms with Gasteiger partial charge in [0.05, 0.1) is 26.4 Å². The van der Waals surface area contributed by atoms with Gasteiger partial charge >= 0.3 is 39.5 Å². The van der Waals surface area contributed by atoms with Gasteiger partial charge in [0, 0.05) is 25.7 Å². The third-order valence-electron chi connectivity index (χ3n) is 19.0. The van der Waals surface area contributed by atoms with E-state index in [0.717, 1.165) is 114 Å². The normalized spacial score (nSPS) is 14.6. The SMILES string of the molecule is CCC(C)CCCCCCCCCCCCCCCCCCCCC(=O)O[C@H](COC(=O)CCCCCCCCCCCCCCCC(C)C)COP(=O)(O)OCC(O)COP(=O)(O)OC[C@@H](COC(=O)CCCCCCCCCC(C)C)OC(=O)CCCCCCCCC(C)CC. The first-order chi connectivity index (χ1) is 47.2. The molecule has 0 saturated carbocycles. The standard InChI is InChI=1S/C79H154O17P2/c1-9-71(7)57-49-41-33-27-23-19-15-13-11-12-14-16-20-25-29-35-45-53-61-78(83)95-74(65-89-76(81)59-51-43-34-28-24-21-17-18-22-26-31-39-47-55-69(3)4)67-93-97(85,86)91-63-73(80)64-92-98(87,88)94-68-75(96-79(84)62-54-46-38-37-42-50-58-72(8)10-2)66-90-77(82)60-52-44-36-30-32-40-48-56-70(5)6/h69-75,80H,9-68H2,1-8H3,(H,85,86)(H,87,88)/t71?,72?,73?,74-,75-/m1/s1. The molecule has 0 amide bonds. The molecule has 19 heteroatoms. The lowest BCUT2D eigenvalue weighted by molar-refractivity contribution is -0.161. The number of aliphatic hydroxyl groups excluding tert-OH is 1. The highest BCUT2D eigenvalue weighted by molar-refractivity contribution is 7.47. The van der Waals surface area contributed by atoms with Crippen LogP contribution in [-0.4, -0.2) is 96.7 Å². The van der Waals surface area contributed by atoms with Gasteiger partial charge in [0.2, 0.25) is 0 Å². The maximum Gasteiger partial charge on any atom is 0.472 e. The van der Waals surface area contributed by atoms with Crippen molar-refractivity contribution < 1.29 is 80.2 Å². The number of esters is 4. The van der Waals surface area contributed by atoms with Gasteiger partial charge in [-0.05, 0) is 49.4 Å². The molecule has 0 spiro atoms. The molecule has 0 rings (SSSR count). The molecular formula is C79H154O17P2. The van der Waals surface area contributed by atoms with Gasteiger partial charge in [0.1, 0.15) is 19.3 Å². The van der Waals surface area contributed by atoms with Gasteiger partial charge in [-0.1, -0.05) is 351 Å². The largest absolute Gasteiger partial charge is 0.472 e. The molecule has 3 N–H and O–H groups in total. The number of phosphoric ester groups is 2. The minimum atomic E-state index is -4.96. The molecule has 0 fully saturated rings. The molecule has 5 unspecified atom stereocenters. The molecule has 0 heterocycles. The fraction of sp³-hybridized carbons (Fsp3) is 0.949. The smallest absolute Gasteiger partial charge is 0.462 e. The van der Waals surface area contributed by atoms with Crippen LogP contribution in [0.5, 0.6) is 0 Å². The Morgan fingerprint density at radius 3 is 0.724 bits per heavy atom. The van der Waals surface area contributed by atoms with E-state index in [-0.39, 0.29) is 25.7 Å². The van der Waals surface area contributed by atoms with E-state index in [1.807, 2.05) is 0 Å². The predicted octanol–water partition coefficient (Wildman–Crippen LogP) is 23.2. The van der Waals surface area contributed by atoms with Gasteiger partial charge in [-0.2, -0.15) is 0 Å². The summed E-state index contributed by atoms with van der Waals surface area (Å²) in [4.78, 5) is 72.8. The molecule has 0 bridgehead atoms. The summed E-state index contributed by atoms with van der Waals surface area (Å²) >= 11 is 0. The van der Waals surface area contributed by atoms with E-state index in [9.17, 15) is 43.2 Å². The molecule has 0 aromatic heterocycles. The predicted molar refractivity (Wildman–Crippen MR) is 400 cm³/mol. The number of phosphoric acid groups is 2. The minimum Gasteiger partial charge on any atom is -0.462 e. The highest BCUT2D eigenvalue weighted by Crippen LogP contribution is 2.45. The third-order valence-corrected chi connectivity index (χ3v) is 20.9. The maximum absolute atomic E-state index is 13.1. The van der Waals surface area contributed by atoms with Gasteiger partial charge in [0.15, 0.2) is 12.2 Å². The van der Waals surface area contributed by atoms with Crippen LogP contribution < -0.4 is 0 Å². The molecule has 17 nitrogen and oxygen atoms in total. The van der Waals surface area contributed by atoms with E-state index in [1.54, 1.807) is 0 Å². The van der Waals surface area contributed by atoms with Gasteiger partial charge in [0.25, 0.3) is 0 Å². The summed E-state index contributed by atoms with van der Waals surface area (Å²) in [7, 11) is -9.92. The second-order valence-corrected chi connectivity index (χ2v) is 32.8. The Balaban J connectivity index is 5.20. The van der Waals surface area contributed by atoms with Crippen LogP contribution in [0.1, 0.15) is 402 Å². The molecule has 0 aromatic carbocycles. The van der Waals surface area contributed by atoms with Crippen molar-refractivity contribution in [2.75, 3.05) is 39.6 Å². The van der Waals surface area contributed by atoms with Crippen LogP contribution in [0.25, 0.3) is 0 Å². The summed E-state index contributed by atoms with van der Waals surface area (Å²) < 4.78 is 68.6. The highest BCUT2D eigenvalue weighted by atomic mass is 31.2. The Bertz CT molecular complexity index is 1920. The molecule has 582 valence electrons. The fourth-order valence-electron chi connectivity index (χ4n) is 12.0. The fourth-order valence-corrected chi connectivity index (χ4v) is 13.6. The van der Waals surface area contributed by atoms with Crippen molar-refractivity contribution in [3.8, 4) is 0 Å². The summed E-state index contributed by atoms with van der Waals surface area (Å²) in [5, 5.41) is 10.6. The average molecular weight is 1440 g/mol. The number of aliphatic hydroxyl groups is 1. The number of hydrogen-bond donors (Lipinski definition) is 3. The van der Waals surface area contributed by atoms with Gasteiger partial charge in [-0.25, -0.2) is 9.13 Å². The summed E-state index contributed by atoms with van der Waals surface area (Å²) in [6.07, 6.45) is 54.3. The number of carbonyl (C=O) groups is 4. The molecular weight excluding hydrogens is 1280 g/mol. The lowest BCUT2D eigenvalue weighted by Gasteiger charge is -2.21. The second-order valence-electron chi connectivity index (χ2n) is 29.9. The molecule has 7 atom stereocenters. The first-order valence-corrected chi connectivity index (χ1v) is 43.8. The van der Waals surface area contributed by atoms with Crippen LogP contribution in [0.15, 0.2) is 0 Å². The minimum absolute atomic E-state index is 0.102. The summed E-state index contributed by atoms with van der Waals surface area (Å²) in [6, 6.07) is 0. The van der Waals surface area contributed by atoms with Crippen molar-refractivity contribution in [2.45, 2.75) is 420 Å². The van der Waals surface area contributed by atoms with E-state index in [2.05, 4.69) is 55.4 Å². The number of unbranched alkanes of at least 4 members (excludes halogenated alkanes) is 40. The van der Waals surface area contributed by atoms with Crippen molar-refractivity contribution >= 4 is 39.5 Å². The van der Waals surface area contributed by atoms with Crippen LogP contribution in [0.4, 0.5) is 0 Å². The van der Waals surface area contributed by atoms with Crippen molar-refractivity contribution in [3.63, 3.8) is 0 Å². The average Bonchev–Trinajstić information content (AvgIpc) is 1.07.